The molecule has 1 aliphatic heterocycles. The van der Waals surface area contributed by atoms with E-state index >= 15 is 0 Å². The maximum Gasteiger partial charge on any atom is 0.112 e. The second-order valence-electron chi connectivity index (χ2n) is 4.62. The molecular weight excluding hydrogens is 258 g/mol. The van der Waals surface area contributed by atoms with Gasteiger partial charge in [-0.25, -0.2) is 4.98 Å². The first-order valence-electron chi connectivity index (χ1n) is 6.24. The van der Waals surface area contributed by atoms with Crippen LogP contribution in [0.5, 0.6) is 0 Å². The molecule has 2 heterocycles. The number of aromatic nitrogens is 1. The molecule has 19 heavy (non-hydrogen) atoms. The first kappa shape index (κ1) is 12.2. The molecule has 0 amide bonds. The highest BCUT2D eigenvalue weighted by molar-refractivity contribution is 7.09. The van der Waals surface area contributed by atoms with Crippen molar-refractivity contribution in [2.24, 2.45) is 5.16 Å². The van der Waals surface area contributed by atoms with Crippen LogP contribution in [-0.4, -0.2) is 22.4 Å². The quantitative estimate of drug-likeness (QED) is 0.676. The third kappa shape index (κ3) is 2.33. The van der Waals surface area contributed by atoms with Gasteiger partial charge in [-0.2, -0.15) is 0 Å². The number of hydrogen-bond donors (Lipinski definition) is 1. The van der Waals surface area contributed by atoms with Gasteiger partial charge in [0.05, 0.1) is 12.3 Å². The molecule has 0 saturated heterocycles. The van der Waals surface area contributed by atoms with Crippen LogP contribution in [0, 0.1) is 6.92 Å². The molecule has 3 rings (SSSR count). The van der Waals surface area contributed by atoms with Crippen LogP contribution in [0.25, 0.3) is 0 Å². The van der Waals surface area contributed by atoms with Crippen molar-refractivity contribution in [2.45, 2.75) is 19.9 Å². The number of benzene rings is 1. The summed E-state index contributed by atoms with van der Waals surface area (Å²) in [5.74, 6) is 0. The molecule has 4 nitrogen and oxygen atoms in total. The number of aryl methyl sites for hydroxylation is 1. The number of nitrogens with zero attached hydrogens (tertiary/aromatic N) is 3. The number of oxime groups is 1. The van der Waals surface area contributed by atoms with Gasteiger partial charge in [0, 0.05) is 35.3 Å². The van der Waals surface area contributed by atoms with Crippen molar-refractivity contribution in [1.82, 2.24) is 4.98 Å². The summed E-state index contributed by atoms with van der Waals surface area (Å²) >= 11 is 1.69. The fraction of sp³-hybridized carbons (Fsp3) is 0.286. The topological polar surface area (TPSA) is 48.7 Å². The van der Waals surface area contributed by atoms with E-state index in [0.717, 1.165) is 47.2 Å². The number of para-hydroxylation sites is 1. The summed E-state index contributed by atoms with van der Waals surface area (Å²) in [5.41, 5.74) is 3.98. The molecule has 2 aromatic rings. The van der Waals surface area contributed by atoms with Crippen molar-refractivity contribution in [3.63, 3.8) is 0 Å². The molecule has 0 saturated carbocycles. The van der Waals surface area contributed by atoms with Crippen molar-refractivity contribution in [3.8, 4) is 0 Å². The van der Waals surface area contributed by atoms with Gasteiger partial charge in [-0.1, -0.05) is 23.4 Å². The summed E-state index contributed by atoms with van der Waals surface area (Å²) in [7, 11) is 0. The Morgan fingerprint density at radius 2 is 2.26 bits per heavy atom. The SMILES string of the molecule is Cc1csc(CN2CCC(=NO)c3ccccc32)n1. The normalized spacial score (nSPS) is 16.7. The van der Waals surface area contributed by atoms with E-state index in [1.165, 1.54) is 0 Å². The Kier molecular flexibility index (Phi) is 3.21. The number of fused-ring (bicyclic) bond motifs is 1. The van der Waals surface area contributed by atoms with Gasteiger partial charge in [0.25, 0.3) is 0 Å². The molecule has 0 radical (unpaired) electrons. The Hall–Kier alpha value is -1.88. The number of thiazole rings is 1. The molecule has 0 bridgehead atoms. The van der Waals surface area contributed by atoms with E-state index < -0.39 is 0 Å². The van der Waals surface area contributed by atoms with Gasteiger partial charge in [0.2, 0.25) is 0 Å². The highest BCUT2D eigenvalue weighted by atomic mass is 32.1. The first-order chi connectivity index (χ1) is 9.28. The molecule has 0 aliphatic carbocycles. The van der Waals surface area contributed by atoms with E-state index in [4.69, 9.17) is 5.21 Å². The minimum atomic E-state index is 0.762. The fourth-order valence-corrected chi connectivity index (χ4v) is 3.18. The predicted octanol–water partition coefficient (Wildman–Crippen LogP) is 3.04. The fourth-order valence-electron chi connectivity index (χ4n) is 2.40. The van der Waals surface area contributed by atoms with Crippen LogP contribution in [0.4, 0.5) is 5.69 Å². The summed E-state index contributed by atoms with van der Waals surface area (Å²) in [6, 6.07) is 8.06. The van der Waals surface area contributed by atoms with Crippen LogP contribution in [0.3, 0.4) is 0 Å². The van der Waals surface area contributed by atoms with Crippen molar-refractivity contribution in [2.75, 3.05) is 11.4 Å². The molecule has 0 atom stereocenters. The lowest BCUT2D eigenvalue weighted by atomic mass is 10.00. The van der Waals surface area contributed by atoms with Crippen LogP contribution in [-0.2, 0) is 6.54 Å². The zero-order chi connectivity index (χ0) is 13.2. The van der Waals surface area contributed by atoms with Crippen molar-refractivity contribution in [3.05, 3.63) is 45.9 Å². The summed E-state index contributed by atoms with van der Waals surface area (Å²) in [6.07, 6.45) is 0.762. The van der Waals surface area contributed by atoms with E-state index in [-0.39, 0.29) is 0 Å². The van der Waals surface area contributed by atoms with Crippen LogP contribution in [0.15, 0.2) is 34.8 Å². The van der Waals surface area contributed by atoms with Crippen LogP contribution >= 0.6 is 11.3 Å². The van der Waals surface area contributed by atoms with Gasteiger partial charge in [0.1, 0.15) is 5.01 Å². The maximum atomic E-state index is 9.08. The Morgan fingerprint density at radius 3 is 3.00 bits per heavy atom. The Labute approximate surface area is 116 Å². The van der Waals surface area contributed by atoms with Crippen LogP contribution in [0.2, 0.25) is 0 Å². The molecule has 1 aliphatic rings. The lowest BCUT2D eigenvalue weighted by Gasteiger charge is -2.30. The molecule has 0 unspecified atom stereocenters. The van der Waals surface area contributed by atoms with E-state index in [2.05, 4.69) is 26.5 Å². The van der Waals surface area contributed by atoms with Gasteiger partial charge in [-0.15, -0.1) is 11.3 Å². The second kappa shape index (κ2) is 5.01. The second-order valence-corrected chi connectivity index (χ2v) is 5.56. The number of anilines is 1. The van der Waals surface area contributed by atoms with Crippen LogP contribution in [0.1, 0.15) is 22.7 Å². The Balaban J connectivity index is 1.92. The largest absolute Gasteiger partial charge is 0.411 e. The summed E-state index contributed by atoms with van der Waals surface area (Å²) < 4.78 is 0. The number of hydrogen-bond acceptors (Lipinski definition) is 5. The van der Waals surface area contributed by atoms with E-state index in [9.17, 15) is 0 Å². The van der Waals surface area contributed by atoms with Gasteiger partial charge >= 0.3 is 0 Å². The molecule has 98 valence electrons. The standard InChI is InChI=1S/C14H15N3OS/c1-10-9-19-14(15-10)8-17-7-6-12(16-18)11-4-2-3-5-13(11)17/h2-5,9,18H,6-8H2,1H3. The van der Waals surface area contributed by atoms with Gasteiger partial charge in [-0.3, -0.25) is 0 Å². The summed E-state index contributed by atoms with van der Waals surface area (Å²) in [6.45, 7) is 3.68. The third-order valence-corrected chi connectivity index (χ3v) is 4.24. The predicted molar refractivity (Wildman–Crippen MR) is 77.3 cm³/mol. The molecule has 0 spiro atoms. The average Bonchev–Trinajstić information content (AvgIpc) is 2.85. The lowest BCUT2D eigenvalue weighted by Crippen LogP contribution is -2.31. The molecule has 0 fully saturated rings. The van der Waals surface area contributed by atoms with E-state index in [1.807, 2.05) is 25.1 Å². The van der Waals surface area contributed by atoms with Crippen molar-refractivity contribution >= 4 is 22.7 Å². The van der Waals surface area contributed by atoms with Gasteiger partial charge < -0.3 is 10.1 Å². The van der Waals surface area contributed by atoms with Gasteiger partial charge in [-0.05, 0) is 13.0 Å². The Morgan fingerprint density at radius 1 is 1.42 bits per heavy atom. The highest BCUT2D eigenvalue weighted by Gasteiger charge is 2.22. The van der Waals surface area contributed by atoms with E-state index in [0.29, 0.717) is 0 Å². The first-order valence-corrected chi connectivity index (χ1v) is 7.12. The minimum absolute atomic E-state index is 0.762. The number of rotatable bonds is 2. The Bertz CT molecular complexity index is 621. The summed E-state index contributed by atoms with van der Waals surface area (Å²) in [4.78, 5) is 6.81. The smallest absolute Gasteiger partial charge is 0.112 e. The van der Waals surface area contributed by atoms with Crippen molar-refractivity contribution in [1.29, 1.82) is 0 Å². The van der Waals surface area contributed by atoms with E-state index in [1.54, 1.807) is 11.3 Å². The maximum absolute atomic E-state index is 9.08. The third-order valence-electron chi connectivity index (χ3n) is 3.29. The summed E-state index contributed by atoms with van der Waals surface area (Å²) in [5, 5.41) is 15.7. The zero-order valence-electron chi connectivity index (χ0n) is 10.7. The molecule has 5 heteroatoms. The van der Waals surface area contributed by atoms with Crippen LogP contribution < -0.4 is 4.90 Å². The molecule has 1 aromatic heterocycles. The lowest BCUT2D eigenvalue weighted by molar-refractivity contribution is 0.317. The zero-order valence-corrected chi connectivity index (χ0v) is 11.5. The monoisotopic (exact) mass is 273 g/mol. The van der Waals surface area contributed by atoms with Gasteiger partial charge in [0.15, 0.2) is 0 Å². The molecule has 1 aromatic carbocycles. The van der Waals surface area contributed by atoms with Crippen molar-refractivity contribution < 1.29 is 5.21 Å². The highest BCUT2D eigenvalue weighted by Crippen LogP contribution is 2.29. The molecule has 1 N–H and O–H groups in total. The average molecular weight is 273 g/mol. The molecular formula is C14H15N3OS. The minimum Gasteiger partial charge on any atom is -0.411 e.